The van der Waals surface area contributed by atoms with Gasteiger partial charge in [-0.1, -0.05) is 332 Å². The number of aldehydes is 1. The number of nitrogens with two attached hydrogens (primary N) is 1. The molecule has 0 saturated carbocycles. The summed E-state index contributed by atoms with van der Waals surface area (Å²) >= 11 is 0. The summed E-state index contributed by atoms with van der Waals surface area (Å²) in [5, 5.41) is 24.3. The normalized spacial score (nSPS) is 17.7. The second kappa shape index (κ2) is 66.1. The van der Waals surface area contributed by atoms with Crippen molar-refractivity contribution in [2.75, 3.05) is 41.5 Å². The van der Waals surface area contributed by atoms with E-state index in [1.807, 2.05) is 200 Å². The minimum absolute atomic E-state index is 0. The first-order valence-electron chi connectivity index (χ1n) is 47.3. The van der Waals surface area contributed by atoms with Crippen LogP contribution in [0.25, 0.3) is 0 Å². The molecular weight excluding hydrogens is 1680 g/mol. The zero-order valence-electron chi connectivity index (χ0n) is 84.5. The number of aliphatic carboxylic acids is 2. The third kappa shape index (κ3) is 40.1. The van der Waals surface area contributed by atoms with Gasteiger partial charge in [-0.2, -0.15) is 0 Å². The largest absolute Gasteiger partial charge is 1.00 e. The third-order valence-electron chi connectivity index (χ3n) is 28.1. The Morgan fingerprint density at radius 2 is 0.727 bits per heavy atom. The van der Waals surface area contributed by atoms with Crippen molar-refractivity contribution in [2.24, 2.45) is 62.4 Å². The number of esters is 4. The summed E-state index contributed by atoms with van der Waals surface area (Å²) in [7, 11) is 5.23. The van der Waals surface area contributed by atoms with Crippen LogP contribution in [-0.4, -0.2) is 172 Å². The van der Waals surface area contributed by atoms with Gasteiger partial charge >= 0.3 is 54.7 Å². The van der Waals surface area contributed by atoms with Crippen LogP contribution in [0.1, 0.15) is 249 Å². The van der Waals surface area contributed by atoms with E-state index in [-0.39, 0.29) is 104 Å². The van der Waals surface area contributed by atoms with Gasteiger partial charge in [0.15, 0.2) is 0 Å². The maximum absolute atomic E-state index is 13.0. The fraction of sp³-hybridized carbons (Fsp3) is 0.579. The molecule has 2 unspecified atom stereocenters. The number of carbonyl (C=O) groups excluding carboxylic acids is 9. The van der Waals surface area contributed by atoms with E-state index in [9.17, 15) is 57.8 Å². The van der Waals surface area contributed by atoms with Gasteiger partial charge < -0.3 is 65.6 Å². The van der Waals surface area contributed by atoms with E-state index < -0.39 is 75.7 Å². The molecule has 2 fully saturated rings. The summed E-state index contributed by atoms with van der Waals surface area (Å²) in [4.78, 5) is 136. The average Bonchev–Trinajstić information content (AvgIpc) is 1.63. The number of amides is 4. The van der Waals surface area contributed by atoms with Crippen LogP contribution in [0.4, 0.5) is 0 Å². The van der Waals surface area contributed by atoms with Gasteiger partial charge in [0.05, 0.1) is 55.5 Å². The molecule has 0 radical (unpaired) electrons. The number of aryl methyl sites for hydroxylation is 5. The quantitative estimate of drug-likeness (QED) is 0.00794. The Labute approximate surface area is 806 Å². The zero-order valence-corrected chi connectivity index (χ0v) is 85.7. The Kier molecular flexibility index (Phi) is 62.5. The number of nitrogens with zero attached hydrogens (tertiary/aromatic N) is 2. The standard InChI is InChI=1S/C21H31NO3.C20H29NO4.C20H29NO3.C19H27NO3.C11H15NO2.C10H18O2.C6H16Si.Li.H2O/c1-6-15-21(4,16(3)7-2)20(24)22-18(19(23)25-5)14-13-17-11-9-8-10-12-17;1-5-15(2)20(3,13-14-22)19(24)21-17(18(23)25-4)12-11-16-9-7-6-8-10-16;1-5-15(2)20(3)13-14-21(19(20)23)17(18(22)24-4)12-11-16-9-7-6-8-10-16;1-4-14(2)19(3)12-13-20(18(19)23)16(17(21)22)11-10-15-8-6-5-7-9-15;1-14-11(13)10(12)8-7-9-5-3-2-4-6-9;1-5-7-10(4,9(11)12)8(3)6-2;1-4-7(5-2)6-3;;/h6,8-12,16,18H,1,7,13-15H2,2-5H3,(H,22,24);6-10,14-15,17H,5,11-13H2,1-4H3,(H,21,24);6-10,15,17H,5,11-14H2,1-4H3;5-9,14,16H,4,10-13H2,1-3H3,(H,21,22);2-6,10H,7-8,12H2,1H3;5,8H,1,6-7H2,2-4H3,(H,11,12);7H,4-6H2,1-3H3;;1H2/q;;;;;;;+1;/p-1/t16-,18+,21-;15-,17+,20-;15?,17-,20+;14?,16-,19+;10-;8-,10-;;;/m110001.../s1. The Morgan fingerprint density at radius 3 is 0.992 bits per heavy atom. The number of nitrogens with one attached hydrogen (secondary N) is 2. The van der Waals surface area contributed by atoms with Crippen molar-refractivity contribution >= 4 is 74.5 Å². The van der Waals surface area contributed by atoms with E-state index in [1.165, 1.54) is 57.7 Å². The number of likely N-dealkylation sites (tertiary alicyclic amines) is 2. The van der Waals surface area contributed by atoms with E-state index in [2.05, 4.69) is 90.8 Å². The van der Waals surface area contributed by atoms with Crippen LogP contribution in [-0.2, 0) is 104 Å². The molecule has 4 amide bonds. The van der Waals surface area contributed by atoms with Crippen molar-refractivity contribution < 1.29 is 106 Å². The number of hydrogen-bond acceptors (Lipinski definition) is 17. The van der Waals surface area contributed by atoms with Crippen LogP contribution in [0.15, 0.2) is 177 Å². The van der Waals surface area contributed by atoms with E-state index in [1.54, 1.807) is 35.8 Å². The molecule has 2 aliphatic rings. The maximum Gasteiger partial charge on any atom is 1.00 e. The summed E-state index contributed by atoms with van der Waals surface area (Å²) in [5.74, 6) is -2.50. The predicted molar refractivity (Wildman–Crippen MR) is 528 cm³/mol. The molecule has 732 valence electrons. The molecule has 0 aliphatic carbocycles. The van der Waals surface area contributed by atoms with Crippen molar-refractivity contribution in [3.8, 4) is 0 Å². The van der Waals surface area contributed by atoms with Crippen LogP contribution < -0.4 is 35.2 Å². The van der Waals surface area contributed by atoms with Crippen LogP contribution in [0.2, 0.25) is 18.1 Å². The van der Waals surface area contributed by atoms with Crippen molar-refractivity contribution in [1.82, 2.24) is 20.4 Å². The molecule has 2 saturated heterocycles. The number of rotatable bonds is 46. The van der Waals surface area contributed by atoms with E-state index in [0.29, 0.717) is 83.2 Å². The fourth-order valence-electron chi connectivity index (χ4n) is 16.1. The number of ether oxygens (including phenoxy) is 4. The fourth-order valence-corrected chi connectivity index (χ4v) is 17.9. The summed E-state index contributed by atoms with van der Waals surface area (Å²) in [5.41, 5.74) is 8.42. The van der Waals surface area contributed by atoms with Gasteiger partial charge in [-0.3, -0.25) is 28.8 Å². The predicted octanol–water partition coefficient (Wildman–Crippen LogP) is 16.5. The molecule has 132 heavy (non-hydrogen) atoms. The number of methoxy groups -OCH3 is 4. The molecule has 5 aromatic carbocycles. The summed E-state index contributed by atoms with van der Waals surface area (Å²) < 4.78 is 19.2. The monoisotopic (exact) mass is 1840 g/mol. The number of carbonyl (C=O) groups is 11. The Hall–Kier alpha value is -9.32. The smallest absolute Gasteiger partial charge is 0.870 e. The number of carboxylic acids is 2. The van der Waals surface area contributed by atoms with Crippen molar-refractivity contribution in [2.45, 2.75) is 301 Å². The second-order valence-electron chi connectivity index (χ2n) is 36.1. The number of carboxylic acid groups (broad SMARTS) is 2. The van der Waals surface area contributed by atoms with Gasteiger partial charge in [0.1, 0.15) is 36.5 Å². The average molecular weight is 1850 g/mol. The molecule has 0 spiro atoms. The van der Waals surface area contributed by atoms with Crippen LogP contribution >= 0.6 is 0 Å². The maximum atomic E-state index is 13.0. The molecule has 2 heterocycles. The number of hydrogen-bond donors (Lipinski definition) is 5. The minimum atomic E-state index is -0.900. The molecule has 5 aromatic rings. The summed E-state index contributed by atoms with van der Waals surface area (Å²) in [6.07, 6.45) is 17.6. The Bertz CT molecular complexity index is 4040. The van der Waals surface area contributed by atoms with Crippen molar-refractivity contribution in [3.05, 3.63) is 205 Å². The van der Waals surface area contributed by atoms with E-state index >= 15 is 0 Å². The van der Waals surface area contributed by atoms with Crippen molar-refractivity contribution in [3.63, 3.8) is 0 Å². The number of allylic oxidation sites excluding steroid dienone is 2. The van der Waals surface area contributed by atoms with Gasteiger partial charge in [0.2, 0.25) is 23.6 Å². The first-order valence-corrected chi connectivity index (χ1v) is 49.7. The Balaban J connectivity index is 0. The molecular formula is C107H166LiN5O18Si. The molecule has 25 heteroatoms. The molecule has 23 nitrogen and oxygen atoms in total. The Morgan fingerprint density at radius 1 is 0.447 bits per heavy atom. The molecule has 7 rings (SSSR count). The molecule has 0 bridgehead atoms. The van der Waals surface area contributed by atoms with Crippen LogP contribution in [0, 0.1) is 56.7 Å². The van der Waals surface area contributed by atoms with Gasteiger partial charge in [0.25, 0.3) is 0 Å². The van der Waals surface area contributed by atoms with Crippen molar-refractivity contribution in [1.29, 1.82) is 0 Å². The van der Waals surface area contributed by atoms with Gasteiger partial charge in [-0.15, -0.1) is 13.2 Å². The van der Waals surface area contributed by atoms with E-state index in [4.69, 9.17) is 25.1 Å². The molecule has 0 aromatic heterocycles. The molecule has 15 atom stereocenters. The van der Waals surface area contributed by atoms with Crippen LogP contribution in [0.5, 0.6) is 0 Å². The third-order valence-corrected chi connectivity index (χ3v) is 31.5. The van der Waals surface area contributed by atoms with E-state index in [0.717, 1.165) is 80.8 Å². The number of benzene rings is 5. The zero-order chi connectivity index (χ0) is 98.4. The first-order chi connectivity index (χ1) is 61.7. The molecule has 7 N–H and O–H groups in total. The first kappa shape index (κ1) is 125. The molecule has 2 aliphatic heterocycles. The summed E-state index contributed by atoms with van der Waals surface area (Å²) in [6.45, 7) is 45.4. The van der Waals surface area contributed by atoms with Gasteiger partial charge in [-0.05, 0) is 154 Å². The van der Waals surface area contributed by atoms with Gasteiger partial charge in [0, 0.05) is 28.3 Å². The van der Waals surface area contributed by atoms with Crippen LogP contribution in [0.3, 0.4) is 0 Å². The topological polar surface area (TPSA) is 352 Å². The second-order valence-corrected chi connectivity index (χ2v) is 40.3. The van der Waals surface area contributed by atoms with Gasteiger partial charge in [-0.25, -0.2) is 19.2 Å². The SMILES string of the molecule is C=CC[C@@](C)(C(=O)N[C@@H](CCc1ccccc1)C(=O)OC)[C@H](C)CC.C=CC[C@@](C)(C(=O)O)[C@H](C)CC.CCC(C)[C@@]1(C)CCN([C@@H](CCc2ccccc2)C(=O)O)C1=O.CCC(C)[C@@]1(C)CCN([C@@H](CCc2ccccc2)C(=O)OC)C1=O.CC[C@@H](C)[C@@](C)(CC=O)C(=O)N[C@@H](CCc1ccccc1)C(=O)OC.CC[SiH](CC)CC.COC(=O)[C@@H](N)CCc1ccccc1.[Li+].[OH-]. The summed E-state index contributed by atoms with van der Waals surface area (Å²) in [6, 6.07) is 50.8. The minimum Gasteiger partial charge on any atom is -0.870 e.